The van der Waals surface area contributed by atoms with Gasteiger partial charge in [-0.3, -0.25) is 0 Å². The Morgan fingerprint density at radius 2 is 1.95 bits per heavy atom. The average Bonchev–Trinajstić information content (AvgIpc) is 2.91. The normalized spacial score (nSPS) is 10.7. The number of hydrogen-bond donors (Lipinski definition) is 1. The van der Waals surface area contributed by atoms with E-state index < -0.39 is 0 Å². The molecule has 0 saturated heterocycles. The van der Waals surface area contributed by atoms with Gasteiger partial charge < -0.3 is 5.73 Å². The minimum Gasteiger partial charge on any atom is -0.398 e. The topological polar surface area (TPSA) is 69.6 Å². The lowest BCUT2D eigenvalue weighted by molar-refractivity contribution is 0.791. The number of tetrazole rings is 1. The minimum atomic E-state index is 0.569. The number of nitrogen functional groups attached to an aromatic ring is 1. The number of halogens is 1. The molecule has 0 saturated carbocycles. The maximum atomic E-state index is 6.20. The van der Waals surface area contributed by atoms with Crippen LogP contribution in [0.2, 0.25) is 5.02 Å². The number of aromatic nitrogens is 4. The standard InChI is InChI=1S/C14H12ClN5/c1-9-6-7-12(16)10(8-9)14-17-18-19-20(14)13-5-3-2-4-11(13)15/h2-8H,16H2,1H3. The highest BCUT2D eigenvalue weighted by molar-refractivity contribution is 6.32. The number of para-hydroxylation sites is 1. The Balaban J connectivity index is 2.21. The van der Waals surface area contributed by atoms with Crippen molar-refractivity contribution < 1.29 is 0 Å². The molecule has 0 spiro atoms. The van der Waals surface area contributed by atoms with Crippen LogP contribution in [0.1, 0.15) is 5.56 Å². The van der Waals surface area contributed by atoms with Crippen LogP contribution in [-0.2, 0) is 0 Å². The molecule has 0 atom stereocenters. The fourth-order valence-electron chi connectivity index (χ4n) is 2.00. The fourth-order valence-corrected chi connectivity index (χ4v) is 2.22. The summed E-state index contributed by atoms with van der Waals surface area (Å²) in [5.41, 5.74) is 9.24. The van der Waals surface area contributed by atoms with Gasteiger partial charge in [-0.15, -0.1) is 5.10 Å². The first-order valence-electron chi connectivity index (χ1n) is 6.06. The SMILES string of the molecule is Cc1ccc(N)c(-c2nnnn2-c2ccccc2Cl)c1. The molecule has 2 N–H and O–H groups in total. The Kier molecular flexibility index (Phi) is 3.12. The zero-order valence-corrected chi connectivity index (χ0v) is 11.5. The number of aryl methyl sites for hydroxylation is 1. The maximum Gasteiger partial charge on any atom is 0.189 e. The van der Waals surface area contributed by atoms with E-state index in [-0.39, 0.29) is 0 Å². The molecule has 100 valence electrons. The van der Waals surface area contributed by atoms with Crippen LogP contribution in [0, 0.1) is 6.92 Å². The molecule has 0 bridgehead atoms. The number of rotatable bonds is 2. The summed E-state index contributed by atoms with van der Waals surface area (Å²) < 4.78 is 1.59. The molecular formula is C14H12ClN5. The monoisotopic (exact) mass is 285 g/mol. The number of nitrogens with zero attached hydrogens (tertiary/aromatic N) is 4. The van der Waals surface area contributed by atoms with Crippen LogP contribution in [0.25, 0.3) is 17.1 Å². The van der Waals surface area contributed by atoms with E-state index in [1.54, 1.807) is 10.7 Å². The molecule has 0 fully saturated rings. The summed E-state index contributed by atoms with van der Waals surface area (Å²) in [5, 5.41) is 12.4. The van der Waals surface area contributed by atoms with Gasteiger partial charge in [0.25, 0.3) is 0 Å². The Morgan fingerprint density at radius 3 is 2.75 bits per heavy atom. The van der Waals surface area contributed by atoms with Crippen LogP contribution >= 0.6 is 11.6 Å². The van der Waals surface area contributed by atoms with Gasteiger partial charge in [-0.2, -0.15) is 4.68 Å². The summed E-state index contributed by atoms with van der Waals surface area (Å²) in [6.45, 7) is 1.99. The van der Waals surface area contributed by atoms with Crippen molar-refractivity contribution in [2.45, 2.75) is 6.92 Å². The van der Waals surface area contributed by atoms with Gasteiger partial charge in [-0.25, -0.2) is 0 Å². The predicted octanol–water partition coefficient (Wildman–Crippen LogP) is 2.87. The molecule has 20 heavy (non-hydrogen) atoms. The summed E-state index contributed by atoms with van der Waals surface area (Å²) in [7, 11) is 0. The Hall–Kier alpha value is -2.40. The van der Waals surface area contributed by atoms with Gasteiger partial charge in [0, 0.05) is 11.3 Å². The molecule has 3 rings (SSSR count). The van der Waals surface area contributed by atoms with Gasteiger partial charge in [-0.05, 0) is 41.6 Å². The van der Waals surface area contributed by atoms with Crippen molar-refractivity contribution in [3.63, 3.8) is 0 Å². The van der Waals surface area contributed by atoms with Crippen LogP contribution < -0.4 is 5.73 Å². The summed E-state index contributed by atoms with van der Waals surface area (Å²) in [4.78, 5) is 0. The molecule has 5 nitrogen and oxygen atoms in total. The van der Waals surface area contributed by atoms with Gasteiger partial charge in [0.05, 0.1) is 10.7 Å². The lowest BCUT2D eigenvalue weighted by Gasteiger charge is -2.08. The molecule has 2 aromatic carbocycles. The lowest BCUT2D eigenvalue weighted by atomic mass is 10.1. The Labute approximate surface area is 121 Å². The largest absolute Gasteiger partial charge is 0.398 e. The molecule has 6 heteroatoms. The van der Waals surface area contributed by atoms with Crippen molar-refractivity contribution in [1.82, 2.24) is 20.2 Å². The molecule has 3 aromatic rings. The van der Waals surface area contributed by atoms with Crippen LogP contribution in [0.5, 0.6) is 0 Å². The van der Waals surface area contributed by atoms with E-state index >= 15 is 0 Å². The molecule has 0 aliphatic rings. The fraction of sp³-hybridized carbons (Fsp3) is 0.0714. The van der Waals surface area contributed by atoms with Crippen molar-refractivity contribution >= 4 is 17.3 Å². The average molecular weight is 286 g/mol. The van der Waals surface area contributed by atoms with E-state index in [0.29, 0.717) is 16.5 Å². The van der Waals surface area contributed by atoms with Gasteiger partial charge in [0.2, 0.25) is 0 Å². The van der Waals surface area contributed by atoms with E-state index in [9.17, 15) is 0 Å². The van der Waals surface area contributed by atoms with Crippen LogP contribution in [0.4, 0.5) is 5.69 Å². The first-order chi connectivity index (χ1) is 9.66. The summed E-state index contributed by atoms with van der Waals surface area (Å²) >= 11 is 6.20. The van der Waals surface area contributed by atoms with Gasteiger partial charge in [0.15, 0.2) is 5.82 Å². The predicted molar refractivity (Wildman–Crippen MR) is 78.7 cm³/mol. The second-order valence-corrected chi connectivity index (χ2v) is 4.86. The first kappa shape index (κ1) is 12.6. The number of anilines is 1. The Bertz CT molecular complexity index is 766. The summed E-state index contributed by atoms with van der Waals surface area (Å²) in [6.07, 6.45) is 0. The summed E-state index contributed by atoms with van der Waals surface area (Å²) in [5.74, 6) is 0.569. The highest BCUT2D eigenvalue weighted by Crippen LogP contribution is 2.28. The minimum absolute atomic E-state index is 0.569. The van der Waals surface area contributed by atoms with E-state index in [4.69, 9.17) is 17.3 Å². The third-order valence-electron chi connectivity index (χ3n) is 3.00. The highest BCUT2D eigenvalue weighted by Gasteiger charge is 2.15. The van der Waals surface area contributed by atoms with E-state index in [1.807, 2.05) is 43.3 Å². The number of hydrogen-bond acceptors (Lipinski definition) is 4. The molecule has 1 heterocycles. The molecule has 0 aliphatic carbocycles. The molecule has 0 aliphatic heterocycles. The van der Waals surface area contributed by atoms with E-state index in [2.05, 4.69) is 15.5 Å². The second-order valence-electron chi connectivity index (χ2n) is 4.46. The van der Waals surface area contributed by atoms with Gasteiger partial charge in [-0.1, -0.05) is 35.4 Å². The maximum absolute atomic E-state index is 6.20. The van der Waals surface area contributed by atoms with Gasteiger partial charge in [0.1, 0.15) is 0 Å². The second kappa shape index (κ2) is 4.94. The van der Waals surface area contributed by atoms with E-state index in [1.165, 1.54) is 0 Å². The zero-order valence-electron chi connectivity index (χ0n) is 10.8. The third kappa shape index (κ3) is 2.12. The highest BCUT2D eigenvalue weighted by atomic mass is 35.5. The van der Waals surface area contributed by atoms with E-state index in [0.717, 1.165) is 16.8 Å². The molecule has 0 amide bonds. The molecular weight excluding hydrogens is 274 g/mol. The smallest absolute Gasteiger partial charge is 0.189 e. The first-order valence-corrected chi connectivity index (χ1v) is 6.44. The van der Waals surface area contributed by atoms with Crippen molar-refractivity contribution in [2.75, 3.05) is 5.73 Å². The third-order valence-corrected chi connectivity index (χ3v) is 3.32. The zero-order chi connectivity index (χ0) is 14.1. The van der Waals surface area contributed by atoms with Crippen molar-refractivity contribution in [3.8, 4) is 17.1 Å². The van der Waals surface area contributed by atoms with Crippen LogP contribution in [0.15, 0.2) is 42.5 Å². The van der Waals surface area contributed by atoms with Crippen LogP contribution in [0.3, 0.4) is 0 Å². The van der Waals surface area contributed by atoms with Crippen molar-refractivity contribution in [2.24, 2.45) is 0 Å². The lowest BCUT2D eigenvalue weighted by Crippen LogP contribution is -2.02. The molecule has 0 unspecified atom stereocenters. The molecule has 1 aromatic heterocycles. The van der Waals surface area contributed by atoms with Crippen LogP contribution in [-0.4, -0.2) is 20.2 Å². The summed E-state index contributed by atoms with van der Waals surface area (Å²) in [6, 6.07) is 13.1. The molecule has 0 radical (unpaired) electrons. The van der Waals surface area contributed by atoms with Crippen molar-refractivity contribution in [1.29, 1.82) is 0 Å². The van der Waals surface area contributed by atoms with Gasteiger partial charge >= 0.3 is 0 Å². The van der Waals surface area contributed by atoms with Crippen molar-refractivity contribution in [3.05, 3.63) is 53.1 Å². The quantitative estimate of drug-likeness (QED) is 0.735. The number of benzene rings is 2. The number of nitrogens with two attached hydrogens (primary N) is 1. The Morgan fingerprint density at radius 1 is 1.15 bits per heavy atom.